The molecule has 0 aliphatic heterocycles. The molecule has 1 rings (SSSR count). The van der Waals surface area contributed by atoms with Gasteiger partial charge in [0.2, 0.25) is 11.0 Å². The molecule has 0 bridgehead atoms. The van der Waals surface area contributed by atoms with Crippen LogP contribution in [0.5, 0.6) is 0 Å². The Morgan fingerprint density at radius 2 is 2.31 bits per heavy atom. The zero-order valence-corrected chi connectivity index (χ0v) is 6.97. The number of rotatable bonds is 2. The van der Waals surface area contributed by atoms with Crippen LogP contribution < -0.4 is 0 Å². The smallest absolute Gasteiger partial charge is 0.248 e. The molecule has 0 unspecified atom stereocenters. The van der Waals surface area contributed by atoms with E-state index < -0.39 is 0 Å². The van der Waals surface area contributed by atoms with Gasteiger partial charge in [-0.1, -0.05) is 12.1 Å². The minimum Gasteiger partial charge on any atom is -0.592 e. The van der Waals surface area contributed by atoms with Crippen LogP contribution in [-0.4, -0.2) is 15.9 Å². The SMILES string of the molecule is CC(=O)c1cccc(/[N+]([O-])=N/O)c1. The first-order valence-electron chi connectivity index (χ1n) is 3.58. The van der Waals surface area contributed by atoms with Crippen molar-refractivity contribution in [1.82, 2.24) is 0 Å². The van der Waals surface area contributed by atoms with Gasteiger partial charge < -0.3 is 10.4 Å². The maximum absolute atomic E-state index is 10.9. The van der Waals surface area contributed by atoms with Crippen LogP contribution in [0, 0.1) is 5.21 Å². The molecule has 5 nitrogen and oxygen atoms in total. The molecule has 0 spiro atoms. The summed E-state index contributed by atoms with van der Waals surface area (Å²) in [7, 11) is 0. The summed E-state index contributed by atoms with van der Waals surface area (Å²) in [5, 5.41) is 21.4. The van der Waals surface area contributed by atoms with Gasteiger partial charge in [0.15, 0.2) is 5.78 Å². The molecule has 5 heteroatoms. The van der Waals surface area contributed by atoms with E-state index in [-0.39, 0.29) is 16.3 Å². The number of benzene rings is 1. The van der Waals surface area contributed by atoms with Gasteiger partial charge in [0.1, 0.15) is 0 Å². The molecule has 0 atom stereocenters. The summed E-state index contributed by atoms with van der Waals surface area (Å²) < 4.78 is 0. The molecule has 0 aliphatic rings. The molecule has 0 fully saturated rings. The average molecular weight is 180 g/mol. The highest BCUT2D eigenvalue weighted by molar-refractivity contribution is 5.94. The van der Waals surface area contributed by atoms with Crippen molar-refractivity contribution >= 4 is 11.5 Å². The molecule has 13 heavy (non-hydrogen) atoms. The molecule has 68 valence electrons. The highest BCUT2D eigenvalue weighted by Crippen LogP contribution is 2.13. The predicted molar refractivity (Wildman–Crippen MR) is 43.9 cm³/mol. The Bertz CT molecular complexity index is 360. The van der Waals surface area contributed by atoms with Gasteiger partial charge in [-0.3, -0.25) is 4.79 Å². The van der Waals surface area contributed by atoms with Crippen LogP contribution in [0.4, 0.5) is 5.69 Å². The lowest BCUT2D eigenvalue weighted by Crippen LogP contribution is -1.95. The second-order valence-electron chi connectivity index (χ2n) is 2.47. The lowest BCUT2D eigenvalue weighted by atomic mass is 10.1. The topological polar surface area (TPSA) is 75.7 Å². The van der Waals surface area contributed by atoms with E-state index in [1.54, 1.807) is 12.1 Å². The summed E-state index contributed by atoms with van der Waals surface area (Å²) in [6.45, 7) is 1.39. The second kappa shape index (κ2) is 3.66. The maximum atomic E-state index is 10.9. The molecule has 1 aromatic carbocycles. The normalized spacial score (nSPS) is 11.3. The number of ketones is 1. The molecular formula is C8H8N2O3. The van der Waals surface area contributed by atoms with Gasteiger partial charge in [0, 0.05) is 17.7 Å². The quantitative estimate of drug-likeness (QED) is 0.326. The fourth-order valence-corrected chi connectivity index (χ4v) is 0.896. The zero-order chi connectivity index (χ0) is 9.84. The van der Waals surface area contributed by atoms with Gasteiger partial charge in [-0.25, -0.2) is 0 Å². The number of carbonyl (C=O) groups is 1. The summed E-state index contributed by atoms with van der Waals surface area (Å²) >= 11 is 0. The Morgan fingerprint density at radius 3 is 2.85 bits per heavy atom. The molecule has 1 N–H and O–H groups in total. The van der Waals surface area contributed by atoms with E-state index in [0.29, 0.717) is 5.56 Å². The minimum atomic E-state index is -0.145. The molecule has 1 aromatic rings. The first kappa shape index (κ1) is 9.18. The third-order valence-electron chi connectivity index (χ3n) is 1.55. The fraction of sp³-hybridized carbons (Fsp3) is 0.125. The van der Waals surface area contributed by atoms with Crippen molar-refractivity contribution in [2.24, 2.45) is 5.28 Å². The highest BCUT2D eigenvalue weighted by Gasteiger charge is 2.06. The second-order valence-corrected chi connectivity index (χ2v) is 2.47. The monoisotopic (exact) mass is 180 g/mol. The Labute approximate surface area is 74.5 Å². The summed E-state index contributed by atoms with van der Waals surface area (Å²) in [6, 6.07) is 5.92. The Morgan fingerprint density at radius 1 is 1.62 bits per heavy atom. The van der Waals surface area contributed by atoms with Crippen LogP contribution in [-0.2, 0) is 0 Å². The van der Waals surface area contributed by atoms with E-state index >= 15 is 0 Å². The summed E-state index contributed by atoms with van der Waals surface area (Å²) in [4.78, 5) is 10.9. The van der Waals surface area contributed by atoms with Gasteiger partial charge in [-0.05, 0) is 11.8 Å². The largest absolute Gasteiger partial charge is 0.592 e. The number of hydrogen-bond donors (Lipinski definition) is 1. The lowest BCUT2D eigenvalue weighted by molar-refractivity contribution is -0.473. The highest BCUT2D eigenvalue weighted by atomic mass is 16.6. The maximum Gasteiger partial charge on any atom is 0.248 e. The van der Waals surface area contributed by atoms with E-state index in [4.69, 9.17) is 5.21 Å². The Kier molecular flexibility index (Phi) is 2.59. The van der Waals surface area contributed by atoms with Crippen LogP contribution >= 0.6 is 0 Å². The third kappa shape index (κ3) is 2.02. The zero-order valence-electron chi connectivity index (χ0n) is 6.97. The van der Waals surface area contributed by atoms with Crippen LogP contribution in [0.3, 0.4) is 0 Å². The standard InChI is InChI=1S/C8H8N2O3/c1-6(11)7-3-2-4-8(5-7)10(13)9-12/h2-5,12H,1H3/b10-9-. The van der Waals surface area contributed by atoms with E-state index in [1.807, 2.05) is 0 Å². The lowest BCUT2D eigenvalue weighted by Gasteiger charge is -1.98. The van der Waals surface area contributed by atoms with Crippen LogP contribution in [0.1, 0.15) is 17.3 Å². The van der Waals surface area contributed by atoms with E-state index in [2.05, 4.69) is 5.28 Å². The number of carbonyl (C=O) groups excluding carboxylic acids is 1. The number of nitrogens with zero attached hydrogens (tertiary/aromatic N) is 2. The first-order chi connectivity index (χ1) is 6.15. The number of hydrogen-bond acceptors (Lipinski definition) is 3. The van der Waals surface area contributed by atoms with Gasteiger partial charge >= 0.3 is 0 Å². The van der Waals surface area contributed by atoms with Gasteiger partial charge in [0.25, 0.3) is 0 Å². The Balaban J connectivity index is 3.13. The molecule has 0 saturated carbocycles. The molecule has 0 amide bonds. The molecule has 0 aliphatic carbocycles. The van der Waals surface area contributed by atoms with Crippen molar-refractivity contribution < 1.29 is 14.9 Å². The third-order valence-corrected chi connectivity index (χ3v) is 1.55. The van der Waals surface area contributed by atoms with Crippen molar-refractivity contribution in [3.05, 3.63) is 35.0 Å². The summed E-state index contributed by atoms with van der Waals surface area (Å²) in [5.74, 6) is -0.145. The van der Waals surface area contributed by atoms with Crippen molar-refractivity contribution in [3.8, 4) is 0 Å². The van der Waals surface area contributed by atoms with E-state index in [0.717, 1.165) is 0 Å². The van der Waals surface area contributed by atoms with E-state index in [9.17, 15) is 10.0 Å². The van der Waals surface area contributed by atoms with Crippen molar-refractivity contribution in [2.75, 3.05) is 0 Å². The van der Waals surface area contributed by atoms with Crippen LogP contribution in [0.25, 0.3) is 0 Å². The van der Waals surface area contributed by atoms with Gasteiger partial charge in [-0.2, -0.15) is 0 Å². The first-order valence-corrected chi connectivity index (χ1v) is 3.58. The average Bonchev–Trinajstić information content (AvgIpc) is 2.17. The van der Waals surface area contributed by atoms with Crippen molar-refractivity contribution in [2.45, 2.75) is 6.92 Å². The molecule has 0 heterocycles. The Hall–Kier alpha value is -1.91. The summed E-state index contributed by atoms with van der Waals surface area (Å²) in [5.41, 5.74) is 0.525. The van der Waals surface area contributed by atoms with Gasteiger partial charge in [-0.15, -0.1) is 0 Å². The minimum absolute atomic E-state index is 0.0342. The molecule has 0 saturated heterocycles. The molecular weight excluding hydrogens is 172 g/mol. The molecule has 0 aromatic heterocycles. The van der Waals surface area contributed by atoms with E-state index in [1.165, 1.54) is 19.1 Å². The summed E-state index contributed by atoms with van der Waals surface area (Å²) in [6.07, 6.45) is 0. The van der Waals surface area contributed by atoms with Crippen LogP contribution in [0.2, 0.25) is 0 Å². The predicted octanol–water partition coefficient (Wildman–Crippen LogP) is 1.87. The molecule has 0 radical (unpaired) electrons. The number of Topliss-reactive ketones (excluding diaryl/α,β-unsaturated/α-hetero) is 1. The fourth-order valence-electron chi connectivity index (χ4n) is 0.896. The van der Waals surface area contributed by atoms with Crippen molar-refractivity contribution in [1.29, 1.82) is 0 Å². The van der Waals surface area contributed by atoms with Crippen molar-refractivity contribution in [3.63, 3.8) is 0 Å². The van der Waals surface area contributed by atoms with Crippen LogP contribution in [0.15, 0.2) is 29.5 Å². The van der Waals surface area contributed by atoms with Gasteiger partial charge in [0.05, 0.1) is 0 Å².